The standard InChI is InChI=1S/C6H6ClN.C5H3BrClN.C5H3BrIN.C5H3BrN.2CH4.ClH.Mg/c1-5-2-3-6(7)4-8-5;6-5-2-1-4(7)3-8-5;6-4-1-2-5(7)8-3-4;6-5-2-1-3-7-4-5;;;;/h2-4H,1H3;2*1-3H;1-2,4H;2*1H4;1H;/q;;;-1;;;;+2/p-1. The number of hydrogen-bond acceptors (Lipinski definition) is 4. The van der Waals surface area contributed by atoms with Gasteiger partial charge in [-0.3, -0.25) is 4.98 Å². The number of pyridine rings is 4. The molecule has 0 radical (unpaired) electrons. The van der Waals surface area contributed by atoms with Gasteiger partial charge in [0, 0.05) is 28.8 Å². The fourth-order valence-corrected chi connectivity index (χ4v) is 2.71. The Bertz CT molecular complexity index is 837. The average molecular weight is 853 g/mol. The molecule has 0 spiro atoms. The third-order valence-electron chi connectivity index (χ3n) is 2.84. The number of rotatable bonds is 0. The second kappa shape index (κ2) is 26.0. The van der Waals surface area contributed by atoms with Crippen molar-refractivity contribution in [3.8, 4) is 0 Å². The molecular weight excluding hydrogens is 830 g/mol. The van der Waals surface area contributed by atoms with Crippen LogP contribution >= 0.6 is 93.6 Å². The Hall–Kier alpha value is 0.406. The molecule has 0 bridgehead atoms. The van der Waals surface area contributed by atoms with Gasteiger partial charge in [-0.15, -0.1) is 0 Å². The predicted molar refractivity (Wildman–Crippen MR) is 166 cm³/mol. The van der Waals surface area contributed by atoms with E-state index in [0.717, 1.165) is 22.9 Å². The van der Waals surface area contributed by atoms with Gasteiger partial charge in [0.25, 0.3) is 0 Å². The van der Waals surface area contributed by atoms with Crippen molar-refractivity contribution >= 4 is 117 Å². The van der Waals surface area contributed by atoms with Crippen LogP contribution in [0.4, 0.5) is 0 Å². The van der Waals surface area contributed by atoms with Gasteiger partial charge in [0.15, 0.2) is 0 Å². The Morgan fingerprint density at radius 3 is 1.60 bits per heavy atom. The summed E-state index contributed by atoms with van der Waals surface area (Å²) in [5.74, 6) is 0. The van der Waals surface area contributed by atoms with Crippen LogP contribution in [0.1, 0.15) is 20.5 Å². The number of halogens is 7. The van der Waals surface area contributed by atoms with E-state index in [1.807, 2.05) is 37.3 Å². The fraction of sp³-hybridized carbons (Fsp3) is 0.130. The predicted octanol–water partition coefficient (Wildman–Crippen LogP) is 6.53. The van der Waals surface area contributed by atoms with Crippen molar-refractivity contribution in [3.63, 3.8) is 0 Å². The maximum Gasteiger partial charge on any atom is 2.00 e. The van der Waals surface area contributed by atoms with Gasteiger partial charge in [-0.1, -0.05) is 70.9 Å². The number of aromatic nitrogens is 4. The van der Waals surface area contributed by atoms with Gasteiger partial charge in [-0.2, -0.15) is 12.1 Å². The van der Waals surface area contributed by atoms with Crippen LogP contribution < -0.4 is 12.4 Å². The second-order valence-corrected chi connectivity index (χ2v) is 9.94. The summed E-state index contributed by atoms with van der Waals surface area (Å²) in [7, 11) is 0. The molecule has 186 valence electrons. The molecule has 4 rings (SSSR count). The maximum absolute atomic E-state index is 5.55. The molecule has 0 amide bonds. The molecule has 4 aromatic heterocycles. The largest absolute Gasteiger partial charge is 2.00 e. The SMILES string of the molecule is Brc1cc[c-]nc1.Brc1ccc(I)nc1.C.C.Cc1ccc(Cl)cn1.Clc1ccc(Br)nc1.[Cl-].[Mg+2]. The van der Waals surface area contributed by atoms with Gasteiger partial charge >= 0.3 is 23.1 Å². The van der Waals surface area contributed by atoms with Crippen molar-refractivity contribution in [2.45, 2.75) is 21.8 Å². The minimum Gasteiger partial charge on any atom is -1.00 e. The van der Waals surface area contributed by atoms with Crippen LogP contribution in [0.25, 0.3) is 0 Å². The number of nitrogens with zero attached hydrogens (tertiary/aromatic N) is 4. The van der Waals surface area contributed by atoms with Crippen molar-refractivity contribution in [3.05, 3.63) is 113 Å². The zero-order chi connectivity index (χ0) is 23.1. The molecule has 4 heterocycles. The van der Waals surface area contributed by atoms with Crippen LogP contribution in [0.15, 0.2) is 86.9 Å². The third-order valence-corrected chi connectivity index (χ3v) is 5.33. The smallest absolute Gasteiger partial charge is 1.00 e. The van der Waals surface area contributed by atoms with Crippen molar-refractivity contribution in [2.24, 2.45) is 0 Å². The molecule has 0 aliphatic carbocycles. The zero-order valence-electron chi connectivity index (χ0n) is 17.1. The van der Waals surface area contributed by atoms with E-state index in [0.29, 0.717) is 10.0 Å². The first-order chi connectivity index (χ1) is 14.8. The molecule has 12 heteroatoms. The fourth-order valence-electron chi connectivity index (χ4n) is 1.47. The summed E-state index contributed by atoms with van der Waals surface area (Å²) < 4.78 is 3.84. The minimum absolute atomic E-state index is 0. The van der Waals surface area contributed by atoms with E-state index in [1.54, 1.807) is 43.0 Å². The molecule has 4 aromatic rings. The van der Waals surface area contributed by atoms with E-state index in [-0.39, 0.29) is 50.3 Å². The average Bonchev–Trinajstić information content (AvgIpc) is 2.76. The number of hydrogen-bond donors (Lipinski definition) is 0. The topological polar surface area (TPSA) is 51.6 Å². The molecule has 0 aliphatic rings. The van der Waals surface area contributed by atoms with E-state index in [4.69, 9.17) is 23.2 Å². The zero-order valence-corrected chi connectivity index (χ0v) is 27.7. The molecule has 0 N–H and O–H groups in total. The summed E-state index contributed by atoms with van der Waals surface area (Å²) in [5, 5.41) is 1.35. The first-order valence-electron chi connectivity index (χ1n) is 8.36. The van der Waals surface area contributed by atoms with Crippen LogP contribution in [0.2, 0.25) is 10.0 Å². The van der Waals surface area contributed by atoms with E-state index in [1.165, 1.54) is 0 Å². The molecule has 0 aromatic carbocycles. The Balaban J connectivity index is -0.000000177. The molecule has 0 saturated carbocycles. The van der Waals surface area contributed by atoms with E-state index < -0.39 is 0 Å². The van der Waals surface area contributed by atoms with Crippen LogP contribution in [0.5, 0.6) is 0 Å². The monoisotopic (exact) mass is 848 g/mol. The van der Waals surface area contributed by atoms with Crippen molar-refractivity contribution in [2.75, 3.05) is 0 Å². The maximum atomic E-state index is 5.55. The van der Waals surface area contributed by atoms with Gasteiger partial charge < -0.3 is 17.4 Å². The Morgan fingerprint density at radius 1 is 0.743 bits per heavy atom. The first kappa shape index (κ1) is 42.5. The summed E-state index contributed by atoms with van der Waals surface area (Å²) in [4.78, 5) is 15.5. The molecule has 4 nitrogen and oxygen atoms in total. The molecule has 0 saturated heterocycles. The molecule has 0 atom stereocenters. The van der Waals surface area contributed by atoms with Crippen molar-refractivity contribution in [1.82, 2.24) is 19.9 Å². The third kappa shape index (κ3) is 24.5. The van der Waals surface area contributed by atoms with Crippen molar-refractivity contribution < 1.29 is 12.4 Å². The summed E-state index contributed by atoms with van der Waals surface area (Å²) >= 11 is 22.9. The molecule has 0 fully saturated rings. The summed E-state index contributed by atoms with van der Waals surface area (Å²) in [6.07, 6.45) is 9.35. The van der Waals surface area contributed by atoms with Crippen LogP contribution in [-0.2, 0) is 0 Å². The van der Waals surface area contributed by atoms with Gasteiger partial charge in [-0.25, -0.2) is 9.97 Å². The van der Waals surface area contributed by atoms with E-state index >= 15 is 0 Å². The summed E-state index contributed by atoms with van der Waals surface area (Å²) in [5.41, 5.74) is 0.995. The minimum atomic E-state index is 0. The van der Waals surface area contributed by atoms with Crippen LogP contribution in [0, 0.1) is 16.8 Å². The summed E-state index contributed by atoms with van der Waals surface area (Å²) in [6, 6.07) is 14.8. The Kier molecular flexibility index (Phi) is 31.6. The quantitative estimate of drug-likeness (QED) is 0.0876. The molecular formula is C23H23Br3Cl3IMgN4. The van der Waals surface area contributed by atoms with Gasteiger partial charge in [-0.05, 0) is 97.8 Å². The van der Waals surface area contributed by atoms with E-state index in [2.05, 4.69) is 96.5 Å². The van der Waals surface area contributed by atoms with Crippen molar-refractivity contribution in [1.29, 1.82) is 0 Å². The summed E-state index contributed by atoms with van der Waals surface area (Å²) in [6.45, 7) is 1.93. The van der Waals surface area contributed by atoms with E-state index in [9.17, 15) is 0 Å². The normalized spacial score (nSPS) is 8.09. The van der Waals surface area contributed by atoms with Gasteiger partial charge in [0.05, 0.1) is 10.0 Å². The molecule has 35 heavy (non-hydrogen) atoms. The molecule has 0 unspecified atom stereocenters. The first-order valence-corrected chi connectivity index (χ1v) is 12.6. The van der Waals surface area contributed by atoms with Gasteiger partial charge in [0.1, 0.15) is 8.30 Å². The van der Waals surface area contributed by atoms with Crippen LogP contribution in [-0.4, -0.2) is 43.0 Å². The van der Waals surface area contributed by atoms with Crippen LogP contribution in [0.3, 0.4) is 0 Å². The molecule has 0 aliphatic heterocycles. The Labute approximate surface area is 279 Å². The van der Waals surface area contributed by atoms with Gasteiger partial charge in [0.2, 0.25) is 0 Å². The Morgan fingerprint density at radius 2 is 1.31 bits per heavy atom. The second-order valence-electron chi connectivity index (χ2n) is 5.32. The number of aryl methyl sites for hydroxylation is 1.